The summed E-state index contributed by atoms with van der Waals surface area (Å²) in [6, 6.07) is 0. The Hall–Kier alpha value is -0.260. The molecule has 2 fully saturated rings. The molecule has 2 atom stereocenters. The van der Waals surface area contributed by atoms with Crippen molar-refractivity contribution in [2.24, 2.45) is 22.2 Å². The predicted octanol–water partition coefficient (Wildman–Crippen LogP) is 6.22. The Bertz CT molecular complexity index is 308. The summed E-state index contributed by atoms with van der Waals surface area (Å²) < 4.78 is 0. The minimum Gasteiger partial charge on any atom is -0.0993 e. The summed E-state index contributed by atoms with van der Waals surface area (Å²) in [5, 5.41) is 0. The lowest BCUT2D eigenvalue weighted by atomic mass is 9.49. The van der Waals surface area contributed by atoms with Crippen LogP contribution >= 0.6 is 0 Å². The molecule has 0 nitrogen and oxygen atoms in total. The van der Waals surface area contributed by atoms with E-state index in [0.29, 0.717) is 16.2 Å². The molecule has 0 radical (unpaired) electrons. The zero-order chi connectivity index (χ0) is 14.2. The zero-order valence-corrected chi connectivity index (χ0v) is 13.8. The third-order valence-corrected chi connectivity index (χ3v) is 5.33. The Morgan fingerprint density at radius 3 is 2.11 bits per heavy atom. The first-order chi connectivity index (χ1) is 8.15. The van der Waals surface area contributed by atoms with Crippen molar-refractivity contribution in [3.8, 4) is 0 Å². The van der Waals surface area contributed by atoms with Crippen molar-refractivity contribution >= 4 is 0 Å². The summed E-state index contributed by atoms with van der Waals surface area (Å²) in [6.07, 6.45) is 6.84. The Balaban J connectivity index is 0.000000771. The average Bonchev–Trinajstić information content (AvgIpc) is 2.21. The normalized spacial score (nSPS) is 37.3. The van der Waals surface area contributed by atoms with Gasteiger partial charge < -0.3 is 0 Å². The van der Waals surface area contributed by atoms with E-state index in [9.17, 15) is 0 Å². The van der Waals surface area contributed by atoms with Crippen molar-refractivity contribution in [1.82, 2.24) is 0 Å². The summed E-state index contributed by atoms with van der Waals surface area (Å²) in [6.45, 7) is 20.5. The Kier molecular flexibility index (Phi) is 4.41. The van der Waals surface area contributed by atoms with Gasteiger partial charge in [-0.15, -0.1) is 0 Å². The molecule has 0 aromatic rings. The molecule has 106 valence electrons. The smallest absolute Gasteiger partial charge is 0.0142 e. The molecule has 0 amide bonds. The lowest BCUT2D eigenvalue weighted by Gasteiger charge is -2.56. The van der Waals surface area contributed by atoms with Crippen molar-refractivity contribution in [3.05, 3.63) is 12.2 Å². The second kappa shape index (κ2) is 5.02. The molecule has 0 aliphatic heterocycles. The van der Waals surface area contributed by atoms with Gasteiger partial charge in [0.05, 0.1) is 0 Å². The molecule has 0 spiro atoms. The molecular weight excluding hydrogens is 216 g/mol. The summed E-state index contributed by atoms with van der Waals surface area (Å²) in [5.74, 6) is 0.904. The standard InChI is InChI=1S/C16H28.C2H6/c1-12-9-13-7-8-14(2,3)10-16(13,6)11-15(12,4)5;1-2/h13H,1,7-11H2,2-6H3;1-2H3/t13?,16-;/m0./s1. The van der Waals surface area contributed by atoms with Crippen molar-refractivity contribution in [3.63, 3.8) is 0 Å². The lowest BCUT2D eigenvalue weighted by molar-refractivity contribution is -0.0185. The maximum Gasteiger partial charge on any atom is -0.0142 e. The van der Waals surface area contributed by atoms with Gasteiger partial charge in [0.25, 0.3) is 0 Å². The number of hydrogen-bond acceptors (Lipinski definition) is 0. The lowest BCUT2D eigenvalue weighted by Crippen LogP contribution is -2.45. The molecule has 0 heteroatoms. The van der Waals surface area contributed by atoms with E-state index in [1.54, 1.807) is 0 Å². The molecule has 2 aliphatic rings. The van der Waals surface area contributed by atoms with Crippen LogP contribution in [0, 0.1) is 22.2 Å². The highest BCUT2D eigenvalue weighted by molar-refractivity contribution is 5.16. The van der Waals surface area contributed by atoms with Gasteiger partial charge in [-0.3, -0.25) is 0 Å². The highest BCUT2D eigenvalue weighted by atomic mass is 14.5. The summed E-state index contributed by atoms with van der Waals surface area (Å²) in [4.78, 5) is 0. The van der Waals surface area contributed by atoms with Crippen LogP contribution in [0.5, 0.6) is 0 Å². The molecule has 0 heterocycles. The van der Waals surface area contributed by atoms with Crippen molar-refractivity contribution < 1.29 is 0 Å². The fraction of sp³-hybridized carbons (Fsp3) is 0.889. The molecule has 2 aliphatic carbocycles. The van der Waals surface area contributed by atoms with Crippen LogP contribution in [0.4, 0.5) is 0 Å². The van der Waals surface area contributed by atoms with E-state index in [1.807, 2.05) is 13.8 Å². The maximum absolute atomic E-state index is 4.33. The van der Waals surface area contributed by atoms with Crippen LogP contribution < -0.4 is 0 Å². The first kappa shape index (κ1) is 15.8. The topological polar surface area (TPSA) is 0 Å². The second-order valence-corrected chi connectivity index (χ2v) is 8.10. The molecule has 0 bridgehead atoms. The van der Waals surface area contributed by atoms with E-state index in [0.717, 1.165) is 5.92 Å². The van der Waals surface area contributed by atoms with Crippen LogP contribution in [-0.2, 0) is 0 Å². The van der Waals surface area contributed by atoms with E-state index in [2.05, 4.69) is 41.2 Å². The minimum absolute atomic E-state index is 0.360. The summed E-state index contributed by atoms with van der Waals surface area (Å²) in [5.41, 5.74) is 2.97. The van der Waals surface area contributed by atoms with Gasteiger partial charge in [0, 0.05) is 0 Å². The SMILES string of the molecule is C=C1CC2CCC(C)(C)C[C@@]2(C)CC1(C)C.CC. The molecule has 2 rings (SSSR count). The Morgan fingerprint density at radius 2 is 1.56 bits per heavy atom. The van der Waals surface area contributed by atoms with E-state index in [1.165, 1.54) is 37.7 Å². The van der Waals surface area contributed by atoms with Gasteiger partial charge in [-0.1, -0.05) is 60.6 Å². The molecule has 1 unspecified atom stereocenters. The average molecular weight is 250 g/mol. The van der Waals surface area contributed by atoms with Crippen LogP contribution in [-0.4, -0.2) is 0 Å². The fourth-order valence-corrected chi connectivity index (χ4v) is 4.50. The molecule has 0 aromatic carbocycles. The van der Waals surface area contributed by atoms with Crippen LogP contribution in [0.25, 0.3) is 0 Å². The molecule has 18 heavy (non-hydrogen) atoms. The third-order valence-electron chi connectivity index (χ3n) is 5.33. The van der Waals surface area contributed by atoms with Crippen LogP contribution in [0.1, 0.15) is 80.6 Å². The third kappa shape index (κ3) is 3.00. The highest BCUT2D eigenvalue weighted by Crippen LogP contribution is 2.60. The van der Waals surface area contributed by atoms with Crippen LogP contribution in [0.15, 0.2) is 12.2 Å². The van der Waals surface area contributed by atoms with Crippen molar-refractivity contribution in [1.29, 1.82) is 0 Å². The fourth-order valence-electron chi connectivity index (χ4n) is 4.50. The van der Waals surface area contributed by atoms with Gasteiger partial charge in [-0.25, -0.2) is 0 Å². The second-order valence-electron chi connectivity index (χ2n) is 8.10. The molecule has 0 saturated heterocycles. The van der Waals surface area contributed by atoms with Crippen molar-refractivity contribution in [2.45, 2.75) is 80.6 Å². The monoisotopic (exact) mass is 250 g/mol. The van der Waals surface area contributed by atoms with Crippen molar-refractivity contribution in [2.75, 3.05) is 0 Å². The van der Waals surface area contributed by atoms with E-state index in [4.69, 9.17) is 0 Å². The first-order valence-electron chi connectivity index (χ1n) is 7.83. The quantitative estimate of drug-likeness (QED) is 0.448. The highest BCUT2D eigenvalue weighted by Gasteiger charge is 2.49. The van der Waals surface area contributed by atoms with Gasteiger partial charge in [0.2, 0.25) is 0 Å². The van der Waals surface area contributed by atoms with Crippen LogP contribution in [0.2, 0.25) is 0 Å². The summed E-state index contributed by atoms with van der Waals surface area (Å²) in [7, 11) is 0. The number of fused-ring (bicyclic) bond motifs is 1. The van der Waals surface area contributed by atoms with E-state index in [-0.39, 0.29) is 0 Å². The zero-order valence-electron chi connectivity index (χ0n) is 13.8. The van der Waals surface area contributed by atoms with Crippen LogP contribution in [0.3, 0.4) is 0 Å². The largest absolute Gasteiger partial charge is 0.0993 e. The first-order valence-corrected chi connectivity index (χ1v) is 7.83. The van der Waals surface area contributed by atoms with Gasteiger partial charge in [-0.05, 0) is 54.3 Å². The Labute approximate surface area is 115 Å². The minimum atomic E-state index is 0.360. The summed E-state index contributed by atoms with van der Waals surface area (Å²) >= 11 is 0. The number of rotatable bonds is 0. The molecule has 2 saturated carbocycles. The number of allylic oxidation sites excluding steroid dienone is 1. The maximum atomic E-state index is 4.33. The Morgan fingerprint density at radius 1 is 1.00 bits per heavy atom. The van der Waals surface area contributed by atoms with Gasteiger partial charge in [-0.2, -0.15) is 0 Å². The molecule has 0 N–H and O–H groups in total. The predicted molar refractivity (Wildman–Crippen MR) is 82.7 cm³/mol. The molecular formula is C18H34. The molecule has 0 aromatic heterocycles. The number of hydrogen-bond donors (Lipinski definition) is 0. The van der Waals surface area contributed by atoms with Gasteiger partial charge in [0.1, 0.15) is 0 Å². The van der Waals surface area contributed by atoms with E-state index < -0.39 is 0 Å². The van der Waals surface area contributed by atoms with E-state index >= 15 is 0 Å². The van der Waals surface area contributed by atoms with Gasteiger partial charge >= 0.3 is 0 Å². The van der Waals surface area contributed by atoms with Gasteiger partial charge in [0.15, 0.2) is 0 Å².